The number of amides is 1. The number of nitrogens with zero attached hydrogens (tertiary/aromatic N) is 2. The van der Waals surface area contributed by atoms with Crippen LogP contribution in [0.25, 0.3) is 11.4 Å². The van der Waals surface area contributed by atoms with Gasteiger partial charge in [-0.3, -0.25) is 4.79 Å². The van der Waals surface area contributed by atoms with Gasteiger partial charge in [0.2, 0.25) is 0 Å². The molecule has 2 aromatic rings. The van der Waals surface area contributed by atoms with Crippen LogP contribution in [-0.2, 0) is 0 Å². The van der Waals surface area contributed by atoms with Crippen LogP contribution < -0.4 is 5.32 Å². The maximum Gasteiger partial charge on any atom is 0.270 e. The van der Waals surface area contributed by atoms with Crippen LogP contribution >= 0.6 is 11.6 Å². The molecule has 0 unspecified atom stereocenters. The maximum absolute atomic E-state index is 12.5. The molecule has 2 N–H and O–H groups in total. The molecule has 1 aliphatic rings. The number of hydrogen-bond acceptors (Lipinski definition) is 4. The van der Waals surface area contributed by atoms with E-state index >= 15 is 0 Å². The highest BCUT2D eigenvalue weighted by Gasteiger charge is 2.21. The predicted octanol–water partition coefficient (Wildman–Crippen LogP) is 3.39. The summed E-state index contributed by atoms with van der Waals surface area (Å²) in [6, 6.07) is 8.91. The molecule has 6 heteroatoms. The summed E-state index contributed by atoms with van der Waals surface area (Å²) >= 11 is 5.91. The number of aromatic nitrogens is 2. The summed E-state index contributed by atoms with van der Waals surface area (Å²) < 4.78 is 0. The molecule has 1 heterocycles. The molecule has 1 aromatic carbocycles. The van der Waals surface area contributed by atoms with E-state index in [1.54, 1.807) is 18.2 Å². The minimum absolute atomic E-state index is 0.208. The van der Waals surface area contributed by atoms with Gasteiger partial charge in [0.05, 0.1) is 6.10 Å². The van der Waals surface area contributed by atoms with Gasteiger partial charge in [-0.05, 0) is 62.4 Å². The van der Waals surface area contributed by atoms with Gasteiger partial charge in [0.25, 0.3) is 5.91 Å². The molecule has 1 saturated carbocycles. The molecule has 3 rings (SSSR count). The third-order valence-electron chi connectivity index (χ3n) is 4.50. The quantitative estimate of drug-likeness (QED) is 0.877. The minimum Gasteiger partial charge on any atom is -0.393 e. The zero-order valence-electron chi connectivity index (χ0n) is 14.2. The molecule has 1 aromatic heterocycles. The van der Waals surface area contributed by atoms with E-state index < -0.39 is 0 Å². The van der Waals surface area contributed by atoms with Crippen LogP contribution in [0.2, 0.25) is 5.02 Å². The van der Waals surface area contributed by atoms with Gasteiger partial charge < -0.3 is 10.4 Å². The Labute approximate surface area is 152 Å². The van der Waals surface area contributed by atoms with Crippen molar-refractivity contribution in [3.63, 3.8) is 0 Å². The van der Waals surface area contributed by atoms with Gasteiger partial charge in [-0.1, -0.05) is 18.0 Å². The maximum atomic E-state index is 12.5. The summed E-state index contributed by atoms with van der Waals surface area (Å²) in [5, 5.41) is 13.3. The summed E-state index contributed by atoms with van der Waals surface area (Å²) in [5.74, 6) is 0.627. The topological polar surface area (TPSA) is 75.1 Å². The first-order valence-electron chi connectivity index (χ1n) is 8.59. The predicted molar refractivity (Wildman–Crippen MR) is 97.5 cm³/mol. The number of aryl methyl sites for hydroxylation is 1. The number of carbonyl (C=O) groups excluding carboxylic acids is 1. The number of aliphatic hydroxyl groups is 1. The molecule has 1 fully saturated rings. The lowest BCUT2D eigenvalue weighted by molar-refractivity contribution is 0.0870. The van der Waals surface area contributed by atoms with Crippen molar-refractivity contribution in [2.24, 2.45) is 5.92 Å². The summed E-state index contributed by atoms with van der Waals surface area (Å²) in [5.41, 5.74) is 1.91. The van der Waals surface area contributed by atoms with Gasteiger partial charge in [-0.2, -0.15) is 0 Å². The van der Waals surface area contributed by atoms with E-state index in [0.717, 1.165) is 36.9 Å². The number of benzene rings is 1. The fourth-order valence-corrected chi connectivity index (χ4v) is 3.31. The summed E-state index contributed by atoms with van der Waals surface area (Å²) in [6.45, 7) is 2.41. The highest BCUT2D eigenvalue weighted by Crippen LogP contribution is 2.23. The van der Waals surface area contributed by atoms with Crippen LogP contribution in [0.3, 0.4) is 0 Å². The van der Waals surface area contributed by atoms with E-state index in [9.17, 15) is 9.90 Å². The number of nitrogens with one attached hydrogen (secondary N) is 1. The standard InChI is InChI=1S/C19H22ClN3O2/c1-12-9-17(19(25)21-11-13-3-2-4-16(24)10-13)23-18(22-12)14-5-7-15(20)8-6-14/h5-9,13,16,24H,2-4,10-11H2,1H3,(H,21,25)/t13-,16+/m0/s1. The van der Waals surface area contributed by atoms with E-state index in [1.807, 2.05) is 19.1 Å². The van der Waals surface area contributed by atoms with Crippen LogP contribution in [0.15, 0.2) is 30.3 Å². The van der Waals surface area contributed by atoms with Crippen molar-refractivity contribution in [1.82, 2.24) is 15.3 Å². The zero-order chi connectivity index (χ0) is 17.8. The Hall–Kier alpha value is -1.98. The number of aliphatic hydroxyl groups excluding tert-OH is 1. The third kappa shape index (κ3) is 4.77. The van der Waals surface area contributed by atoms with Crippen molar-refractivity contribution in [2.75, 3.05) is 6.54 Å². The fourth-order valence-electron chi connectivity index (χ4n) is 3.19. The molecule has 0 aliphatic heterocycles. The largest absolute Gasteiger partial charge is 0.393 e. The van der Waals surface area contributed by atoms with Gasteiger partial charge >= 0.3 is 0 Å². The van der Waals surface area contributed by atoms with Crippen molar-refractivity contribution in [2.45, 2.75) is 38.7 Å². The van der Waals surface area contributed by atoms with E-state index in [0.29, 0.717) is 29.0 Å². The van der Waals surface area contributed by atoms with Crippen molar-refractivity contribution in [3.05, 3.63) is 46.7 Å². The Morgan fingerprint density at radius 1 is 1.28 bits per heavy atom. The van der Waals surface area contributed by atoms with E-state index in [-0.39, 0.29) is 12.0 Å². The van der Waals surface area contributed by atoms with Gasteiger partial charge in [0, 0.05) is 22.8 Å². The van der Waals surface area contributed by atoms with Gasteiger partial charge in [0.15, 0.2) is 5.82 Å². The van der Waals surface area contributed by atoms with Crippen LogP contribution in [0.1, 0.15) is 41.9 Å². The normalized spacial score (nSPS) is 20.3. The molecule has 1 aliphatic carbocycles. The SMILES string of the molecule is Cc1cc(C(=O)NC[C@H]2CCC[C@@H](O)C2)nc(-c2ccc(Cl)cc2)n1. The Bertz CT molecular complexity index is 749. The highest BCUT2D eigenvalue weighted by molar-refractivity contribution is 6.30. The average molecular weight is 360 g/mol. The smallest absolute Gasteiger partial charge is 0.270 e. The lowest BCUT2D eigenvalue weighted by Crippen LogP contribution is -2.33. The second-order valence-electron chi connectivity index (χ2n) is 6.62. The lowest BCUT2D eigenvalue weighted by Gasteiger charge is -2.25. The Kier molecular flexibility index (Phi) is 5.66. The molecular weight excluding hydrogens is 338 g/mol. The van der Waals surface area contributed by atoms with Crippen molar-refractivity contribution < 1.29 is 9.90 Å². The van der Waals surface area contributed by atoms with Gasteiger partial charge in [-0.25, -0.2) is 9.97 Å². The minimum atomic E-state index is -0.242. The van der Waals surface area contributed by atoms with Crippen molar-refractivity contribution >= 4 is 17.5 Å². The molecule has 1 amide bonds. The number of carbonyl (C=O) groups is 1. The molecule has 5 nitrogen and oxygen atoms in total. The summed E-state index contributed by atoms with van der Waals surface area (Å²) in [6.07, 6.45) is 3.41. The van der Waals surface area contributed by atoms with Crippen LogP contribution in [0.5, 0.6) is 0 Å². The Balaban J connectivity index is 1.71. The number of hydrogen-bond donors (Lipinski definition) is 2. The second kappa shape index (κ2) is 7.93. The molecule has 132 valence electrons. The van der Waals surface area contributed by atoms with E-state index in [1.165, 1.54) is 0 Å². The number of halogens is 1. The van der Waals surface area contributed by atoms with Crippen LogP contribution in [0.4, 0.5) is 0 Å². The van der Waals surface area contributed by atoms with Crippen molar-refractivity contribution in [1.29, 1.82) is 0 Å². The first kappa shape index (κ1) is 17.8. The lowest BCUT2D eigenvalue weighted by atomic mass is 9.87. The van der Waals surface area contributed by atoms with Crippen molar-refractivity contribution in [3.8, 4) is 11.4 Å². The van der Waals surface area contributed by atoms with E-state index in [2.05, 4.69) is 15.3 Å². The first-order valence-corrected chi connectivity index (χ1v) is 8.97. The number of rotatable bonds is 4. The van der Waals surface area contributed by atoms with Crippen LogP contribution in [0, 0.1) is 12.8 Å². The first-order chi connectivity index (χ1) is 12.0. The molecular formula is C19H22ClN3O2. The van der Waals surface area contributed by atoms with Gasteiger partial charge in [0.1, 0.15) is 5.69 Å². The van der Waals surface area contributed by atoms with Gasteiger partial charge in [-0.15, -0.1) is 0 Å². The summed E-state index contributed by atoms with van der Waals surface area (Å²) in [7, 11) is 0. The fraction of sp³-hybridized carbons (Fsp3) is 0.421. The summed E-state index contributed by atoms with van der Waals surface area (Å²) in [4.78, 5) is 21.3. The Morgan fingerprint density at radius 2 is 2.04 bits per heavy atom. The second-order valence-corrected chi connectivity index (χ2v) is 7.06. The zero-order valence-corrected chi connectivity index (χ0v) is 15.0. The van der Waals surface area contributed by atoms with Crippen LogP contribution in [-0.4, -0.2) is 33.6 Å². The monoisotopic (exact) mass is 359 g/mol. The molecule has 0 spiro atoms. The average Bonchev–Trinajstić information content (AvgIpc) is 2.60. The molecule has 0 radical (unpaired) electrons. The highest BCUT2D eigenvalue weighted by atomic mass is 35.5. The molecule has 0 bridgehead atoms. The molecule has 0 saturated heterocycles. The molecule has 2 atom stereocenters. The third-order valence-corrected chi connectivity index (χ3v) is 4.75. The van der Waals surface area contributed by atoms with E-state index in [4.69, 9.17) is 11.6 Å². The molecule has 25 heavy (non-hydrogen) atoms. The Morgan fingerprint density at radius 3 is 2.76 bits per heavy atom.